The van der Waals surface area contributed by atoms with Crippen molar-refractivity contribution in [3.63, 3.8) is 0 Å². The molecule has 0 aliphatic heterocycles. The van der Waals surface area contributed by atoms with E-state index in [1.165, 1.54) is 0 Å². The summed E-state index contributed by atoms with van der Waals surface area (Å²) >= 11 is 0. The molecule has 0 radical (unpaired) electrons. The topological polar surface area (TPSA) is 66.4 Å². The van der Waals surface area contributed by atoms with Crippen LogP contribution in [-0.2, 0) is 9.59 Å². The number of amides is 1. The fourth-order valence-electron chi connectivity index (χ4n) is 3.80. The highest BCUT2D eigenvalue weighted by Crippen LogP contribution is 2.48. The minimum Gasteiger partial charge on any atom is -0.481 e. The SMILES string of the molecule is CCC(CC)C(=O)NC1C2CCC(C2)C1C(=O)O. The van der Waals surface area contributed by atoms with E-state index in [1.54, 1.807) is 0 Å². The Balaban J connectivity index is 2.03. The van der Waals surface area contributed by atoms with Crippen LogP contribution in [0.25, 0.3) is 0 Å². The van der Waals surface area contributed by atoms with E-state index in [2.05, 4.69) is 5.32 Å². The molecule has 0 spiro atoms. The Morgan fingerprint density at radius 1 is 1.22 bits per heavy atom. The minimum atomic E-state index is -0.739. The maximum atomic E-state index is 12.1. The Bertz CT molecular complexity index is 338. The maximum absolute atomic E-state index is 12.1. The van der Waals surface area contributed by atoms with Crippen molar-refractivity contribution in [1.29, 1.82) is 0 Å². The van der Waals surface area contributed by atoms with Crippen molar-refractivity contribution in [3.8, 4) is 0 Å². The third-order valence-electron chi connectivity index (χ3n) is 4.87. The number of aliphatic carboxylic acids is 1. The van der Waals surface area contributed by atoms with Gasteiger partial charge >= 0.3 is 5.97 Å². The van der Waals surface area contributed by atoms with Gasteiger partial charge < -0.3 is 10.4 Å². The van der Waals surface area contributed by atoms with Crippen molar-refractivity contribution < 1.29 is 14.7 Å². The molecule has 2 rings (SSSR count). The van der Waals surface area contributed by atoms with E-state index in [0.717, 1.165) is 32.1 Å². The van der Waals surface area contributed by atoms with E-state index < -0.39 is 5.97 Å². The van der Waals surface area contributed by atoms with Gasteiger partial charge in [0.15, 0.2) is 0 Å². The molecule has 4 heteroatoms. The molecule has 4 unspecified atom stereocenters. The second-order valence-corrected chi connectivity index (χ2v) is 5.75. The van der Waals surface area contributed by atoms with Gasteiger partial charge in [0.25, 0.3) is 0 Å². The van der Waals surface area contributed by atoms with Crippen LogP contribution in [-0.4, -0.2) is 23.0 Å². The molecular formula is C14H23NO3. The van der Waals surface area contributed by atoms with Gasteiger partial charge in [-0.15, -0.1) is 0 Å². The molecule has 0 aromatic carbocycles. The average Bonchev–Trinajstić information content (AvgIpc) is 2.90. The van der Waals surface area contributed by atoms with Crippen molar-refractivity contribution in [1.82, 2.24) is 5.32 Å². The van der Waals surface area contributed by atoms with Crippen molar-refractivity contribution >= 4 is 11.9 Å². The lowest BCUT2D eigenvalue weighted by molar-refractivity contribution is -0.145. The number of nitrogens with one attached hydrogen (secondary N) is 1. The molecule has 0 aromatic heterocycles. The van der Waals surface area contributed by atoms with Crippen LogP contribution >= 0.6 is 0 Å². The average molecular weight is 253 g/mol. The van der Waals surface area contributed by atoms with Gasteiger partial charge in [0, 0.05) is 12.0 Å². The molecule has 2 aliphatic carbocycles. The monoisotopic (exact) mass is 253 g/mol. The first-order chi connectivity index (χ1) is 8.58. The molecular weight excluding hydrogens is 230 g/mol. The summed E-state index contributed by atoms with van der Waals surface area (Å²) in [5, 5.41) is 12.3. The molecule has 4 nitrogen and oxygen atoms in total. The summed E-state index contributed by atoms with van der Waals surface area (Å²) in [5.41, 5.74) is 0. The highest BCUT2D eigenvalue weighted by atomic mass is 16.4. The van der Waals surface area contributed by atoms with E-state index in [9.17, 15) is 14.7 Å². The summed E-state index contributed by atoms with van der Waals surface area (Å²) in [6, 6.07) is -0.130. The van der Waals surface area contributed by atoms with Crippen LogP contribution in [0.1, 0.15) is 46.0 Å². The van der Waals surface area contributed by atoms with Crippen LogP contribution in [0.2, 0.25) is 0 Å². The van der Waals surface area contributed by atoms with Crippen LogP contribution in [0.5, 0.6) is 0 Å². The van der Waals surface area contributed by atoms with Gasteiger partial charge in [0.2, 0.25) is 5.91 Å². The van der Waals surface area contributed by atoms with Gasteiger partial charge in [-0.1, -0.05) is 13.8 Å². The zero-order chi connectivity index (χ0) is 13.3. The van der Waals surface area contributed by atoms with Crippen LogP contribution in [0.4, 0.5) is 0 Å². The maximum Gasteiger partial charge on any atom is 0.308 e. The van der Waals surface area contributed by atoms with Crippen molar-refractivity contribution in [2.45, 2.75) is 52.0 Å². The quantitative estimate of drug-likeness (QED) is 0.788. The van der Waals surface area contributed by atoms with Gasteiger partial charge in [0.1, 0.15) is 0 Å². The number of carbonyl (C=O) groups excluding carboxylic acids is 1. The number of carboxylic acid groups (broad SMARTS) is 1. The lowest BCUT2D eigenvalue weighted by Crippen LogP contribution is -2.48. The number of hydrogen-bond donors (Lipinski definition) is 2. The number of hydrogen-bond acceptors (Lipinski definition) is 2. The summed E-state index contributed by atoms with van der Waals surface area (Å²) in [6.45, 7) is 4.01. The number of fused-ring (bicyclic) bond motifs is 2. The molecule has 0 aromatic rings. The summed E-state index contributed by atoms with van der Waals surface area (Å²) in [6.07, 6.45) is 4.70. The second kappa shape index (κ2) is 5.29. The molecule has 2 fully saturated rings. The van der Waals surface area contributed by atoms with Gasteiger partial charge in [0.05, 0.1) is 5.92 Å². The predicted molar refractivity (Wildman–Crippen MR) is 68.0 cm³/mol. The first kappa shape index (κ1) is 13.4. The lowest BCUT2D eigenvalue weighted by atomic mass is 9.84. The van der Waals surface area contributed by atoms with Crippen LogP contribution in [0.15, 0.2) is 0 Å². The minimum absolute atomic E-state index is 0.0265. The molecule has 18 heavy (non-hydrogen) atoms. The molecule has 0 saturated heterocycles. The summed E-state index contributed by atoms with van der Waals surface area (Å²) in [5.74, 6) is -0.365. The van der Waals surface area contributed by atoms with Gasteiger partial charge in [-0.3, -0.25) is 9.59 Å². The van der Waals surface area contributed by atoms with E-state index in [0.29, 0.717) is 5.92 Å². The van der Waals surface area contributed by atoms with Crippen LogP contribution in [0, 0.1) is 23.7 Å². The number of rotatable bonds is 5. The third kappa shape index (κ3) is 2.25. The largest absolute Gasteiger partial charge is 0.481 e. The lowest BCUT2D eigenvalue weighted by Gasteiger charge is -2.30. The Hall–Kier alpha value is -1.06. The fraction of sp³-hybridized carbons (Fsp3) is 0.857. The highest BCUT2D eigenvalue weighted by Gasteiger charge is 2.51. The molecule has 102 valence electrons. The van der Waals surface area contributed by atoms with Gasteiger partial charge in [-0.2, -0.15) is 0 Å². The highest BCUT2D eigenvalue weighted by molar-refractivity contribution is 5.80. The molecule has 2 N–H and O–H groups in total. The zero-order valence-corrected chi connectivity index (χ0v) is 11.2. The second-order valence-electron chi connectivity index (χ2n) is 5.75. The zero-order valence-electron chi connectivity index (χ0n) is 11.2. The van der Waals surface area contributed by atoms with Crippen molar-refractivity contribution in [3.05, 3.63) is 0 Å². The molecule has 0 heterocycles. The Labute approximate surface area is 108 Å². The normalized spacial score (nSPS) is 33.9. The third-order valence-corrected chi connectivity index (χ3v) is 4.87. The molecule has 4 atom stereocenters. The van der Waals surface area contributed by atoms with E-state index in [1.807, 2.05) is 13.8 Å². The molecule has 2 bridgehead atoms. The Kier molecular flexibility index (Phi) is 3.93. The summed E-state index contributed by atoms with van der Waals surface area (Å²) < 4.78 is 0. The predicted octanol–water partition coefficient (Wildman–Crippen LogP) is 2.04. The summed E-state index contributed by atoms with van der Waals surface area (Å²) in [7, 11) is 0. The van der Waals surface area contributed by atoms with Crippen molar-refractivity contribution in [2.24, 2.45) is 23.7 Å². The first-order valence-corrected chi connectivity index (χ1v) is 7.11. The fourth-order valence-corrected chi connectivity index (χ4v) is 3.80. The molecule has 2 saturated carbocycles. The smallest absolute Gasteiger partial charge is 0.308 e. The molecule has 1 amide bonds. The molecule has 2 aliphatic rings. The van der Waals surface area contributed by atoms with E-state index in [-0.39, 0.29) is 29.7 Å². The standard InChI is InChI=1S/C14H23NO3/c1-3-8(4-2)13(16)15-12-10-6-5-9(7-10)11(12)14(17)18/h8-12H,3-7H2,1-2H3,(H,15,16)(H,17,18). The first-order valence-electron chi connectivity index (χ1n) is 7.11. The number of carbonyl (C=O) groups is 2. The van der Waals surface area contributed by atoms with Crippen molar-refractivity contribution in [2.75, 3.05) is 0 Å². The Morgan fingerprint density at radius 2 is 1.83 bits per heavy atom. The summed E-state index contributed by atoms with van der Waals surface area (Å²) in [4.78, 5) is 23.4. The van der Waals surface area contributed by atoms with E-state index >= 15 is 0 Å². The van der Waals surface area contributed by atoms with Gasteiger partial charge in [-0.25, -0.2) is 0 Å². The van der Waals surface area contributed by atoms with Crippen LogP contribution < -0.4 is 5.32 Å². The van der Waals surface area contributed by atoms with Crippen LogP contribution in [0.3, 0.4) is 0 Å². The van der Waals surface area contributed by atoms with Gasteiger partial charge in [-0.05, 0) is 43.9 Å². The Morgan fingerprint density at radius 3 is 2.39 bits per heavy atom. The van der Waals surface area contributed by atoms with E-state index in [4.69, 9.17) is 0 Å². The number of carboxylic acids is 1.